The highest BCUT2D eigenvalue weighted by Gasteiger charge is 2.27. The molecular weight excluding hydrogens is 424 g/mol. The molecule has 0 spiro atoms. The number of halogens is 1. The monoisotopic (exact) mass is 442 g/mol. The van der Waals surface area contributed by atoms with Gasteiger partial charge >= 0.3 is 0 Å². The Kier molecular flexibility index (Phi) is 5.86. The van der Waals surface area contributed by atoms with E-state index >= 15 is 0 Å². The summed E-state index contributed by atoms with van der Waals surface area (Å²) in [5.74, 6) is 0.168. The molecule has 0 N–H and O–H groups in total. The molecule has 148 valence electrons. The summed E-state index contributed by atoms with van der Waals surface area (Å²) >= 11 is 8.78. The minimum absolute atomic E-state index is 0.0281. The third kappa shape index (κ3) is 4.29. The number of carbonyl (C=O) groups excluding carboxylic acids is 1. The first-order valence-electron chi connectivity index (χ1n) is 9.23. The summed E-state index contributed by atoms with van der Waals surface area (Å²) in [6.07, 6.45) is 0.767. The molecule has 0 radical (unpaired) electrons. The summed E-state index contributed by atoms with van der Waals surface area (Å²) in [4.78, 5) is 31.4. The Hall–Kier alpha value is -2.02. The van der Waals surface area contributed by atoms with Gasteiger partial charge in [0.25, 0.3) is 5.56 Å². The van der Waals surface area contributed by atoms with E-state index < -0.39 is 0 Å². The summed E-state index contributed by atoms with van der Waals surface area (Å²) in [6, 6.07) is 14.6. The molecule has 0 amide bonds. The molecule has 0 saturated carbocycles. The second kappa shape index (κ2) is 8.38. The van der Waals surface area contributed by atoms with Gasteiger partial charge in [0.15, 0.2) is 10.9 Å². The number of benzene rings is 2. The van der Waals surface area contributed by atoms with Gasteiger partial charge in [0.05, 0.1) is 22.0 Å². The van der Waals surface area contributed by atoms with Crippen molar-refractivity contribution in [1.29, 1.82) is 0 Å². The lowest BCUT2D eigenvalue weighted by atomic mass is 10.1. The number of carbonyl (C=O) groups is 1. The third-order valence-corrected chi connectivity index (χ3v) is 7.08. The molecule has 4 nitrogen and oxygen atoms in total. The van der Waals surface area contributed by atoms with Gasteiger partial charge in [-0.3, -0.25) is 14.2 Å². The van der Waals surface area contributed by atoms with E-state index in [-0.39, 0.29) is 17.1 Å². The Morgan fingerprint density at radius 2 is 1.90 bits per heavy atom. The van der Waals surface area contributed by atoms with E-state index in [1.54, 1.807) is 40.6 Å². The van der Waals surface area contributed by atoms with Crippen LogP contribution in [-0.4, -0.2) is 26.3 Å². The maximum atomic E-state index is 13.3. The summed E-state index contributed by atoms with van der Waals surface area (Å²) in [6.45, 7) is 4.10. The molecule has 29 heavy (non-hydrogen) atoms. The van der Waals surface area contributed by atoms with Crippen LogP contribution < -0.4 is 5.56 Å². The smallest absolute Gasteiger partial charge is 0.272 e. The Labute approximate surface area is 182 Å². The highest BCUT2D eigenvalue weighted by Crippen LogP contribution is 2.35. The predicted octanol–water partition coefficient (Wildman–Crippen LogP) is 5.21. The minimum atomic E-state index is -0.0605. The Morgan fingerprint density at radius 3 is 2.59 bits per heavy atom. The van der Waals surface area contributed by atoms with Crippen molar-refractivity contribution in [2.45, 2.75) is 35.6 Å². The molecule has 2 heterocycles. The van der Waals surface area contributed by atoms with Gasteiger partial charge in [0.1, 0.15) is 0 Å². The van der Waals surface area contributed by atoms with Gasteiger partial charge < -0.3 is 0 Å². The van der Waals surface area contributed by atoms with Crippen LogP contribution in [0.15, 0.2) is 63.4 Å². The largest absolute Gasteiger partial charge is 0.293 e. The van der Waals surface area contributed by atoms with Crippen molar-refractivity contribution in [3.63, 3.8) is 0 Å². The van der Waals surface area contributed by atoms with Crippen molar-refractivity contribution in [3.8, 4) is 5.69 Å². The van der Waals surface area contributed by atoms with Crippen molar-refractivity contribution < 1.29 is 4.79 Å². The highest BCUT2D eigenvalue weighted by atomic mass is 35.5. The zero-order chi connectivity index (χ0) is 20.5. The molecule has 1 unspecified atom stereocenters. The molecule has 1 aromatic heterocycles. The van der Waals surface area contributed by atoms with Crippen LogP contribution in [0.1, 0.15) is 28.5 Å². The number of nitrogens with zero attached hydrogens (tertiary/aromatic N) is 2. The fourth-order valence-electron chi connectivity index (χ4n) is 3.17. The maximum absolute atomic E-state index is 13.3. The molecular formula is C22H19ClN2O2S2. The average molecular weight is 443 g/mol. The Bertz CT molecular complexity index is 1130. The van der Waals surface area contributed by atoms with Gasteiger partial charge in [-0.2, -0.15) is 0 Å². The lowest BCUT2D eigenvalue weighted by Crippen LogP contribution is -2.24. The number of hydrogen-bond donors (Lipinski definition) is 0. The zero-order valence-corrected chi connectivity index (χ0v) is 18.4. The molecule has 1 atom stereocenters. The van der Waals surface area contributed by atoms with E-state index in [9.17, 15) is 9.59 Å². The normalized spacial score (nSPS) is 15.3. The molecule has 1 aliphatic rings. The molecule has 4 rings (SSSR count). The van der Waals surface area contributed by atoms with Crippen LogP contribution in [0, 0.1) is 6.92 Å². The maximum Gasteiger partial charge on any atom is 0.272 e. The van der Waals surface area contributed by atoms with Crippen LogP contribution in [0.25, 0.3) is 5.69 Å². The summed E-state index contributed by atoms with van der Waals surface area (Å²) < 4.78 is 1.63. The topological polar surface area (TPSA) is 52.0 Å². The quantitative estimate of drug-likeness (QED) is 0.308. The van der Waals surface area contributed by atoms with Crippen LogP contribution in [0.3, 0.4) is 0 Å². The van der Waals surface area contributed by atoms with E-state index in [2.05, 4.69) is 6.92 Å². The van der Waals surface area contributed by atoms with Gasteiger partial charge in [-0.25, -0.2) is 4.98 Å². The SMILES string of the molecule is Cc1ccc(-n2c(SCC(=O)c3ccc(Cl)cc3)nc3c(c2=O)SC(C)C3)cc1. The van der Waals surface area contributed by atoms with Crippen molar-refractivity contribution in [1.82, 2.24) is 9.55 Å². The van der Waals surface area contributed by atoms with Crippen molar-refractivity contribution in [2.75, 3.05) is 5.75 Å². The molecule has 0 bridgehead atoms. The first kappa shape index (κ1) is 20.3. The number of Topliss-reactive ketones (excluding diaryl/α,β-unsaturated/α-hetero) is 1. The van der Waals surface area contributed by atoms with Crippen molar-refractivity contribution >= 4 is 40.9 Å². The van der Waals surface area contributed by atoms with Gasteiger partial charge in [0.2, 0.25) is 0 Å². The number of aryl methyl sites for hydroxylation is 1. The third-order valence-electron chi connectivity index (χ3n) is 4.67. The molecule has 0 saturated heterocycles. The lowest BCUT2D eigenvalue weighted by Gasteiger charge is -2.13. The average Bonchev–Trinajstić information content (AvgIpc) is 3.08. The highest BCUT2D eigenvalue weighted by molar-refractivity contribution is 8.00. The van der Waals surface area contributed by atoms with Gasteiger partial charge in [-0.1, -0.05) is 48.0 Å². The summed E-state index contributed by atoms with van der Waals surface area (Å²) in [7, 11) is 0. The lowest BCUT2D eigenvalue weighted by molar-refractivity contribution is 0.102. The van der Waals surface area contributed by atoms with Gasteiger partial charge in [-0.05, 0) is 43.3 Å². The van der Waals surface area contributed by atoms with Crippen LogP contribution in [0.2, 0.25) is 5.02 Å². The molecule has 7 heteroatoms. The van der Waals surface area contributed by atoms with E-state index in [1.165, 1.54) is 11.8 Å². The summed E-state index contributed by atoms with van der Waals surface area (Å²) in [5, 5.41) is 1.47. The fraction of sp³-hybridized carbons (Fsp3) is 0.227. The number of rotatable bonds is 5. The minimum Gasteiger partial charge on any atom is -0.293 e. The number of ketones is 1. The standard InChI is InChI=1S/C22H19ClN2O2S2/c1-13-3-9-17(10-4-13)25-21(27)20-18(11-14(2)29-20)24-22(25)28-12-19(26)15-5-7-16(23)8-6-15/h3-10,14H,11-12H2,1-2H3. The van der Waals surface area contributed by atoms with Crippen LogP contribution in [0.5, 0.6) is 0 Å². The van der Waals surface area contributed by atoms with Crippen LogP contribution >= 0.6 is 35.1 Å². The fourth-order valence-corrected chi connectivity index (χ4v) is 5.31. The molecule has 1 aliphatic heterocycles. The molecule has 0 aliphatic carbocycles. The number of fused-ring (bicyclic) bond motifs is 1. The molecule has 0 fully saturated rings. The first-order valence-corrected chi connectivity index (χ1v) is 11.5. The summed E-state index contributed by atoms with van der Waals surface area (Å²) in [5.41, 5.74) is 3.24. The Balaban J connectivity index is 1.70. The van der Waals surface area contributed by atoms with E-state index in [0.717, 1.165) is 23.4 Å². The van der Waals surface area contributed by atoms with Crippen LogP contribution in [-0.2, 0) is 6.42 Å². The zero-order valence-electron chi connectivity index (χ0n) is 16.0. The van der Waals surface area contributed by atoms with Crippen molar-refractivity contribution in [3.05, 3.63) is 80.7 Å². The van der Waals surface area contributed by atoms with E-state index in [4.69, 9.17) is 16.6 Å². The predicted molar refractivity (Wildman–Crippen MR) is 120 cm³/mol. The number of hydrogen-bond acceptors (Lipinski definition) is 5. The number of thioether (sulfide) groups is 2. The second-order valence-corrected chi connectivity index (χ2v) is 9.83. The van der Waals surface area contributed by atoms with Crippen molar-refractivity contribution in [2.24, 2.45) is 0 Å². The Morgan fingerprint density at radius 1 is 1.21 bits per heavy atom. The second-order valence-electron chi connectivity index (χ2n) is 7.00. The van der Waals surface area contributed by atoms with E-state index in [1.807, 2.05) is 31.2 Å². The molecule has 3 aromatic rings. The molecule has 2 aromatic carbocycles. The van der Waals surface area contributed by atoms with E-state index in [0.29, 0.717) is 25.9 Å². The van der Waals surface area contributed by atoms with Crippen LogP contribution in [0.4, 0.5) is 0 Å². The van der Waals surface area contributed by atoms with Gasteiger partial charge in [0, 0.05) is 22.3 Å². The van der Waals surface area contributed by atoms with Gasteiger partial charge in [-0.15, -0.1) is 11.8 Å². The first-order chi connectivity index (χ1) is 13.9. The number of aromatic nitrogens is 2.